The first-order chi connectivity index (χ1) is 18.4. The predicted molar refractivity (Wildman–Crippen MR) is 156 cm³/mol. The summed E-state index contributed by atoms with van der Waals surface area (Å²) in [4.78, 5) is 24.5. The zero-order chi connectivity index (χ0) is 28.4. The van der Waals surface area contributed by atoms with Crippen LogP contribution in [0.2, 0.25) is 0 Å². The van der Waals surface area contributed by atoms with Gasteiger partial charge in [-0.05, 0) is 98.7 Å². The van der Waals surface area contributed by atoms with E-state index in [2.05, 4.69) is 61.8 Å². The predicted octanol–water partition coefficient (Wildman–Crippen LogP) is 7.08. The van der Waals surface area contributed by atoms with Crippen molar-refractivity contribution in [2.24, 2.45) is 0 Å². The fourth-order valence-electron chi connectivity index (χ4n) is 4.97. The van der Waals surface area contributed by atoms with Crippen LogP contribution in [0.1, 0.15) is 83.5 Å². The molecule has 2 atom stereocenters. The highest BCUT2D eigenvalue weighted by molar-refractivity contribution is 5.99. The van der Waals surface area contributed by atoms with Gasteiger partial charge >= 0.3 is 5.97 Å². The van der Waals surface area contributed by atoms with Crippen LogP contribution in [-0.2, 0) is 11.3 Å². The van der Waals surface area contributed by atoms with Crippen LogP contribution in [0, 0.1) is 20.8 Å². The quantitative estimate of drug-likeness (QED) is 0.244. The summed E-state index contributed by atoms with van der Waals surface area (Å²) in [5, 5.41) is 13.4. The largest absolute Gasteiger partial charge is 0.479 e. The number of carbonyl (C=O) groups excluding carboxylic acids is 1. The third-order valence-corrected chi connectivity index (χ3v) is 7.44. The van der Waals surface area contributed by atoms with Crippen LogP contribution in [0.25, 0.3) is 10.9 Å². The first-order valence-corrected chi connectivity index (χ1v) is 13.4. The van der Waals surface area contributed by atoms with Crippen LogP contribution in [0.5, 0.6) is 5.75 Å². The minimum Gasteiger partial charge on any atom is -0.479 e. The van der Waals surface area contributed by atoms with Crippen molar-refractivity contribution in [3.63, 3.8) is 0 Å². The number of hydrogen-bond donors (Lipinski definition) is 2. The molecule has 4 aromatic rings. The molecule has 0 aliphatic heterocycles. The smallest absolute Gasteiger partial charge is 0.344 e. The Labute approximate surface area is 230 Å². The summed E-state index contributed by atoms with van der Waals surface area (Å²) < 4.78 is 7.86. The first kappa shape index (κ1) is 28.0. The molecule has 1 heterocycles. The molecule has 0 aliphatic rings. The molecule has 204 valence electrons. The Morgan fingerprint density at radius 2 is 1.64 bits per heavy atom. The lowest BCUT2D eigenvalue weighted by Gasteiger charge is -2.17. The number of hydrogen-bond acceptors (Lipinski definition) is 3. The van der Waals surface area contributed by atoms with Crippen LogP contribution >= 0.6 is 0 Å². The molecule has 0 fully saturated rings. The number of carboxylic acid groups (broad SMARTS) is 1. The number of carbonyl (C=O) groups is 2. The van der Waals surface area contributed by atoms with Crippen molar-refractivity contribution >= 4 is 22.8 Å². The summed E-state index contributed by atoms with van der Waals surface area (Å²) in [6.45, 7) is 14.6. The third kappa shape index (κ3) is 6.17. The van der Waals surface area contributed by atoms with Gasteiger partial charge in [0.1, 0.15) is 5.75 Å². The Hall–Kier alpha value is -4.06. The highest BCUT2D eigenvalue weighted by Gasteiger charge is 2.18. The second-order valence-electron chi connectivity index (χ2n) is 10.8. The van der Waals surface area contributed by atoms with Crippen molar-refractivity contribution in [3.05, 3.63) is 99.7 Å². The molecule has 4 rings (SSSR count). The number of aryl methyl sites for hydroxylation is 2. The molecule has 0 saturated heterocycles. The van der Waals surface area contributed by atoms with Crippen molar-refractivity contribution in [1.29, 1.82) is 0 Å². The summed E-state index contributed by atoms with van der Waals surface area (Å²) in [6, 6.07) is 19.9. The summed E-state index contributed by atoms with van der Waals surface area (Å²) >= 11 is 0. The number of ether oxygens (including phenoxy) is 1. The van der Waals surface area contributed by atoms with Crippen molar-refractivity contribution in [3.8, 4) is 5.75 Å². The maximum Gasteiger partial charge on any atom is 0.344 e. The van der Waals surface area contributed by atoms with Crippen LogP contribution in [0.3, 0.4) is 0 Å². The van der Waals surface area contributed by atoms with Gasteiger partial charge in [0.05, 0.1) is 6.04 Å². The summed E-state index contributed by atoms with van der Waals surface area (Å²) in [5.74, 6) is -0.133. The van der Waals surface area contributed by atoms with Crippen LogP contribution in [0.15, 0.2) is 60.7 Å². The Morgan fingerprint density at radius 1 is 0.923 bits per heavy atom. The van der Waals surface area contributed by atoms with E-state index < -0.39 is 12.1 Å². The normalized spacial score (nSPS) is 12.9. The lowest BCUT2D eigenvalue weighted by molar-refractivity contribution is -0.144. The van der Waals surface area contributed by atoms with Gasteiger partial charge in [-0.2, -0.15) is 0 Å². The van der Waals surface area contributed by atoms with E-state index in [1.807, 2.05) is 50.2 Å². The fourth-order valence-corrected chi connectivity index (χ4v) is 4.97. The molecule has 6 heteroatoms. The molecule has 1 amide bonds. The molecule has 3 aromatic carbocycles. The number of amides is 1. The second kappa shape index (κ2) is 11.4. The fraction of sp³-hybridized carbons (Fsp3) is 0.333. The molecule has 1 aromatic heterocycles. The highest BCUT2D eigenvalue weighted by atomic mass is 16.5. The monoisotopic (exact) mass is 526 g/mol. The number of fused-ring (bicyclic) bond motifs is 1. The molecule has 1 unspecified atom stereocenters. The van der Waals surface area contributed by atoms with Gasteiger partial charge in [0.2, 0.25) is 0 Å². The number of nitrogens with zero attached hydrogens (tertiary/aromatic N) is 1. The van der Waals surface area contributed by atoms with Crippen LogP contribution in [0.4, 0.5) is 0 Å². The van der Waals surface area contributed by atoms with Gasteiger partial charge in [0.25, 0.3) is 5.91 Å². The minimum atomic E-state index is -1.00. The molecular weight excluding hydrogens is 488 g/mol. The molecule has 6 nitrogen and oxygen atoms in total. The molecule has 0 aliphatic carbocycles. The molecule has 0 spiro atoms. The van der Waals surface area contributed by atoms with Crippen molar-refractivity contribution in [2.45, 2.75) is 73.1 Å². The van der Waals surface area contributed by atoms with Crippen molar-refractivity contribution < 1.29 is 19.4 Å². The molecule has 39 heavy (non-hydrogen) atoms. The SMILES string of the molecule is Cc1cc(Cn2c(C)c(C)c3cc(C(=O)N[C@@H](C)c4cccc(C(C)C)c4)ccc32)cc(OC(C)C(=O)O)c1. The van der Waals surface area contributed by atoms with Crippen molar-refractivity contribution in [1.82, 2.24) is 9.88 Å². The highest BCUT2D eigenvalue weighted by Crippen LogP contribution is 2.29. The minimum absolute atomic E-state index is 0.0998. The van der Waals surface area contributed by atoms with Gasteiger partial charge < -0.3 is 19.7 Å². The van der Waals surface area contributed by atoms with Gasteiger partial charge in [-0.15, -0.1) is 0 Å². The number of carboxylic acids is 1. The topological polar surface area (TPSA) is 80.6 Å². The molecule has 0 saturated carbocycles. The Morgan fingerprint density at radius 3 is 2.33 bits per heavy atom. The van der Waals surface area contributed by atoms with E-state index >= 15 is 0 Å². The summed E-state index contributed by atoms with van der Waals surface area (Å²) in [7, 11) is 0. The van der Waals surface area contributed by atoms with Crippen LogP contribution in [-0.4, -0.2) is 27.7 Å². The maximum atomic E-state index is 13.2. The average Bonchev–Trinajstić information content (AvgIpc) is 3.12. The van der Waals surface area contributed by atoms with Gasteiger partial charge in [-0.3, -0.25) is 4.79 Å². The number of aromatic nitrogens is 1. The summed E-state index contributed by atoms with van der Waals surface area (Å²) in [6.07, 6.45) is -0.928. The van der Waals surface area contributed by atoms with E-state index in [1.54, 1.807) is 0 Å². The van der Waals surface area contributed by atoms with Gasteiger partial charge in [0.15, 0.2) is 6.10 Å². The first-order valence-electron chi connectivity index (χ1n) is 13.4. The van der Waals surface area contributed by atoms with Gasteiger partial charge in [-0.25, -0.2) is 4.79 Å². The zero-order valence-corrected chi connectivity index (χ0v) is 23.8. The van der Waals surface area contributed by atoms with E-state index in [0.29, 0.717) is 23.8 Å². The van der Waals surface area contributed by atoms with E-state index in [9.17, 15) is 14.7 Å². The molecular formula is C33H38N2O4. The summed E-state index contributed by atoms with van der Waals surface area (Å²) in [5.41, 5.74) is 8.27. The Balaban J connectivity index is 1.58. The number of nitrogens with one attached hydrogen (secondary N) is 1. The van der Waals surface area contributed by atoms with E-state index in [0.717, 1.165) is 38.9 Å². The number of rotatable bonds is 9. The van der Waals surface area contributed by atoms with Gasteiger partial charge in [0, 0.05) is 28.7 Å². The number of benzene rings is 3. The van der Waals surface area contributed by atoms with Crippen LogP contribution < -0.4 is 10.1 Å². The molecule has 2 N–H and O–H groups in total. The molecule has 0 radical (unpaired) electrons. The average molecular weight is 527 g/mol. The zero-order valence-electron chi connectivity index (χ0n) is 23.8. The second-order valence-corrected chi connectivity index (χ2v) is 10.8. The Kier molecular flexibility index (Phi) is 8.14. The lowest BCUT2D eigenvalue weighted by Crippen LogP contribution is -2.26. The lowest BCUT2D eigenvalue weighted by atomic mass is 9.98. The van der Waals surface area contributed by atoms with E-state index in [1.165, 1.54) is 12.5 Å². The Bertz CT molecular complexity index is 1530. The van der Waals surface area contributed by atoms with E-state index in [-0.39, 0.29) is 11.9 Å². The maximum absolute atomic E-state index is 13.2. The van der Waals surface area contributed by atoms with Crippen molar-refractivity contribution in [2.75, 3.05) is 0 Å². The van der Waals surface area contributed by atoms with Gasteiger partial charge in [-0.1, -0.05) is 44.2 Å². The van der Waals surface area contributed by atoms with E-state index in [4.69, 9.17) is 4.74 Å². The third-order valence-electron chi connectivity index (χ3n) is 7.44. The number of aliphatic carboxylic acids is 1. The standard InChI is InChI=1S/C33H38N2O4/c1-19(2)26-9-8-10-27(16-26)22(5)34-32(36)28-11-12-31-30(17-28)21(4)23(6)35(31)18-25-13-20(3)14-29(15-25)39-24(7)33(37)38/h8-17,19,22,24H,18H2,1-7H3,(H,34,36)(H,37,38)/t22-,24?/m0/s1. The molecule has 0 bridgehead atoms.